The molecule has 344 valence electrons. The normalized spacial score (nSPS) is 16.3. The Kier molecular flexibility index (Phi) is 7.23. The molecule has 8 aromatic carbocycles. The Morgan fingerprint density at radius 1 is 0.557 bits per heavy atom. The SMILES string of the molecule is [2H]c1c([2H])c(-c2cc(C(C)(C)C)cc3c2N2CN(c4cccc(c4)Oc4ccc5c6c([2H])c([2H])c(C([2H])([2H])[2H])c([2H])c6n(c5c4)-c4ccc(cn4)-c4ccc(c(C([2H])([2H])[2H])c4)Oc4ccc-3cc4)c3ccccc32)c([2H])c(C(C)(C)C)c1[2H]. The van der Waals surface area contributed by atoms with E-state index in [0.29, 0.717) is 56.1 Å². The molecule has 5 aliphatic heterocycles. The highest BCUT2D eigenvalue weighted by Gasteiger charge is 2.33. The van der Waals surface area contributed by atoms with E-state index in [1.165, 1.54) is 6.07 Å². The van der Waals surface area contributed by atoms with E-state index in [4.69, 9.17) is 25.4 Å². The number of aryl methyl sites for hydroxylation is 1. The minimum absolute atomic E-state index is 0.00443. The fourth-order valence-corrected chi connectivity index (χ4v) is 9.51. The quantitative estimate of drug-likeness (QED) is 0.164. The van der Waals surface area contributed by atoms with Crippen LogP contribution in [-0.4, -0.2) is 16.2 Å². The molecule has 0 radical (unpaired) electrons. The third kappa shape index (κ3) is 7.55. The first-order valence-electron chi connectivity index (χ1n) is 29.8. The molecule has 5 aliphatic rings. The zero-order valence-corrected chi connectivity index (χ0v) is 39.6. The van der Waals surface area contributed by atoms with E-state index < -0.39 is 42.2 Å². The highest BCUT2D eigenvalue weighted by atomic mass is 16.5. The standard InChI is InChI=1S/C64H56N4O2/c1-40-19-27-52-53-28-26-51-37-59(53)68(58(52)31-40)61-30-23-45(38-65-61)43-22-29-60(41(2)32-43)70-49-24-20-42(21-25-49)54-34-47(64(6,7)8)35-55(44-13-11-14-46(33-44)63(3,4)5)62(54)67-39-66(56-17-9-10-18-57(56)67)48-15-12-16-50(36-48)69-51/h9-38H,39H2,1-8H3/i1D3,2D3,11D,13D,14D,19D,27D,31D,33D. The fourth-order valence-electron chi connectivity index (χ4n) is 9.51. The summed E-state index contributed by atoms with van der Waals surface area (Å²) < 4.78 is 131. The Bertz CT molecular complexity index is 4330. The largest absolute Gasteiger partial charge is 0.457 e. The number of fused-ring (bicyclic) bond motifs is 6. The number of nitrogens with zero attached hydrogens (tertiary/aromatic N) is 4. The van der Waals surface area contributed by atoms with Crippen molar-refractivity contribution in [2.24, 2.45) is 0 Å². The van der Waals surface area contributed by atoms with E-state index in [2.05, 4.69) is 36.6 Å². The second-order valence-corrected chi connectivity index (χ2v) is 20.0. The zero-order valence-electron chi connectivity index (χ0n) is 52.6. The van der Waals surface area contributed by atoms with Gasteiger partial charge in [0.25, 0.3) is 0 Å². The summed E-state index contributed by atoms with van der Waals surface area (Å²) in [5, 5.41) is 0.649. The van der Waals surface area contributed by atoms with E-state index >= 15 is 0 Å². The smallest absolute Gasteiger partial charge is 0.137 e. The van der Waals surface area contributed by atoms with Crippen LogP contribution in [0.1, 0.15) is 81.6 Å². The summed E-state index contributed by atoms with van der Waals surface area (Å²) in [6.45, 7) is 6.72. The van der Waals surface area contributed by atoms with Crippen LogP contribution in [-0.2, 0) is 10.8 Å². The van der Waals surface area contributed by atoms with Gasteiger partial charge in [0.2, 0.25) is 0 Å². The number of hydrogen-bond acceptors (Lipinski definition) is 5. The average molecular weight is 926 g/mol. The molecule has 15 rings (SSSR count). The van der Waals surface area contributed by atoms with E-state index in [1.54, 1.807) is 65.4 Å². The second-order valence-electron chi connectivity index (χ2n) is 20.0. The predicted octanol–water partition coefficient (Wildman–Crippen LogP) is 17.5. The number of para-hydroxylation sites is 2. The molecular formula is C64H56N4O2. The molecule has 2 aromatic heterocycles. The minimum Gasteiger partial charge on any atom is -0.457 e. The van der Waals surface area contributed by atoms with Crippen molar-refractivity contribution >= 4 is 44.6 Å². The Labute approximate surface area is 429 Å². The molecular weight excluding hydrogens is 857 g/mol. The van der Waals surface area contributed by atoms with Gasteiger partial charge in [-0.25, -0.2) is 4.98 Å². The number of aromatic nitrogens is 2. The number of benzene rings is 8. The summed E-state index contributed by atoms with van der Waals surface area (Å²) in [7, 11) is 0. The van der Waals surface area contributed by atoms with Crippen LogP contribution in [0, 0.1) is 13.7 Å². The lowest BCUT2D eigenvalue weighted by molar-refractivity contribution is 0.479. The van der Waals surface area contributed by atoms with Gasteiger partial charge in [-0.15, -0.1) is 0 Å². The Morgan fingerprint density at radius 3 is 2.06 bits per heavy atom. The third-order valence-corrected chi connectivity index (χ3v) is 13.2. The van der Waals surface area contributed by atoms with Crippen LogP contribution < -0.4 is 19.3 Å². The molecule has 0 saturated heterocycles. The molecule has 0 fully saturated rings. The summed E-state index contributed by atoms with van der Waals surface area (Å²) in [4.78, 5) is 9.12. The maximum Gasteiger partial charge on any atom is 0.137 e. The maximum atomic E-state index is 9.94. The minimum atomic E-state index is -2.89. The lowest BCUT2D eigenvalue weighted by Gasteiger charge is -2.30. The second kappa shape index (κ2) is 16.3. The molecule has 6 nitrogen and oxygen atoms in total. The van der Waals surface area contributed by atoms with Crippen LogP contribution in [0.2, 0.25) is 0 Å². The van der Waals surface area contributed by atoms with Gasteiger partial charge in [-0.05, 0) is 154 Å². The van der Waals surface area contributed by atoms with E-state index in [1.807, 2.05) is 87.5 Å². The Balaban J connectivity index is 1.13. The zero-order chi connectivity index (χ0) is 59.1. The van der Waals surface area contributed by atoms with Crippen LogP contribution in [0.4, 0.5) is 22.7 Å². The lowest BCUT2D eigenvalue weighted by Crippen LogP contribution is -2.25. The van der Waals surface area contributed by atoms with Crippen molar-refractivity contribution < 1.29 is 27.3 Å². The summed E-state index contributed by atoms with van der Waals surface area (Å²) in [6.07, 6.45) is 1.55. The van der Waals surface area contributed by atoms with E-state index in [-0.39, 0.29) is 70.5 Å². The van der Waals surface area contributed by atoms with Gasteiger partial charge < -0.3 is 19.3 Å². The molecule has 12 bridgehead atoms. The summed E-state index contributed by atoms with van der Waals surface area (Å²) in [5.41, 5.74) is 6.27. The fraction of sp³-hybridized carbons (Fsp3) is 0.172. The molecule has 0 amide bonds. The first kappa shape index (κ1) is 31.1. The number of ether oxygens (including phenoxy) is 2. The van der Waals surface area contributed by atoms with Crippen LogP contribution >= 0.6 is 0 Å². The van der Waals surface area contributed by atoms with Crippen LogP contribution in [0.25, 0.3) is 61.0 Å². The number of rotatable bonds is 1. The molecule has 6 heteroatoms. The van der Waals surface area contributed by atoms with Gasteiger partial charge in [0, 0.05) is 59.7 Å². The highest BCUT2D eigenvalue weighted by molar-refractivity contribution is 6.10. The van der Waals surface area contributed by atoms with E-state index in [0.717, 1.165) is 33.8 Å². The van der Waals surface area contributed by atoms with Crippen molar-refractivity contribution in [3.05, 3.63) is 204 Å². The molecule has 0 aliphatic carbocycles. The molecule has 0 spiro atoms. The molecule has 7 heterocycles. The molecule has 0 atom stereocenters. The number of anilines is 4. The van der Waals surface area contributed by atoms with Crippen molar-refractivity contribution in [3.63, 3.8) is 0 Å². The predicted molar refractivity (Wildman–Crippen MR) is 290 cm³/mol. The molecule has 70 heavy (non-hydrogen) atoms. The first-order chi connectivity index (χ1) is 39.1. The van der Waals surface area contributed by atoms with Crippen molar-refractivity contribution in [1.82, 2.24) is 9.55 Å². The molecule has 0 saturated carbocycles. The summed E-state index contributed by atoms with van der Waals surface area (Å²) in [5.74, 6) is 1.53. The summed E-state index contributed by atoms with van der Waals surface area (Å²) >= 11 is 0. The van der Waals surface area contributed by atoms with Gasteiger partial charge in [-0.1, -0.05) is 114 Å². The molecule has 10 aromatic rings. The van der Waals surface area contributed by atoms with Gasteiger partial charge in [-0.2, -0.15) is 0 Å². The first-order valence-corrected chi connectivity index (χ1v) is 23.3. The number of pyridine rings is 1. The van der Waals surface area contributed by atoms with Crippen molar-refractivity contribution in [1.29, 1.82) is 0 Å². The van der Waals surface area contributed by atoms with Crippen molar-refractivity contribution in [2.75, 3.05) is 16.5 Å². The maximum absolute atomic E-state index is 9.94. The monoisotopic (exact) mass is 926 g/mol. The van der Waals surface area contributed by atoms with Gasteiger partial charge >= 0.3 is 0 Å². The topological polar surface area (TPSA) is 42.8 Å². The Morgan fingerprint density at radius 2 is 1.30 bits per heavy atom. The van der Waals surface area contributed by atoms with Gasteiger partial charge in [0.1, 0.15) is 35.5 Å². The van der Waals surface area contributed by atoms with Gasteiger partial charge in [0.15, 0.2) is 0 Å². The third-order valence-electron chi connectivity index (χ3n) is 13.2. The van der Waals surface area contributed by atoms with Crippen molar-refractivity contribution in [3.8, 4) is 62.2 Å². The van der Waals surface area contributed by atoms with Crippen LogP contribution in [0.5, 0.6) is 23.0 Å². The van der Waals surface area contributed by atoms with Crippen molar-refractivity contribution in [2.45, 2.75) is 66.1 Å². The van der Waals surface area contributed by atoms with Gasteiger partial charge in [0.05, 0.1) is 37.7 Å². The Hall–Kier alpha value is -8.09. The lowest BCUT2D eigenvalue weighted by atomic mass is 9.81. The van der Waals surface area contributed by atoms with E-state index in [9.17, 15) is 6.85 Å². The van der Waals surface area contributed by atoms with Crippen LogP contribution in [0.3, 0.4) is 0 Å². The molecule has 0 N–H and O–H groups in total. The summed E-state index contributed by atoms with van der Waals surface area (Å²) in [6, 6.07) is 38.4. The molecule has 0 unspecified atom stereocenters. The average Bonchev–Trinajstić information content (AvgIpc) is 3.97. The van der Waals surface area contributed by atoms with Crippen LogP contribution in [0.15, 0.2) is 182 Å². The van der Waals surface area contributed by atoms with Gasteiger partial charge in [-0.3, -0.25) is 4.57 Å². The number of hydrogen-bond donors (Lipinski definition) is 0. The highest BCUT2D eigenvalue weighted by Crippen LogP contribution is 2.52.